The van der Waals surface area contributed by atoms with Gasteiger partial charge in [0.25, 0.3) is 21.9 Å². The summed E-state index contributed by atoms with van der Waals surface area (Å²) >= 11 is 0. The summed E-state index contributed by atoms with van der Waals surface area (Å²) in [6.45, 7) is 0. The molecule has 9 nitrogen and oxygen atoms in total. The number of nitrogens with zero attached hydrogens (tertiary/aromatic N) is 1. The highest BCUT2D eigenvalue weighted by Crippen LogP contribution is 2.17. The molecule has 1 atom stereocenters. The van der Waals surface area contributed by atoms with E-state index in [-0.39, 0.29) is 10.6 Å². The largest absolute Gasteiger partial charge is 0.298 e. The Labute approximate surface area is 124 Å². The minimum absolute atomic E-state index is 0.0569. The lowest BCUT2D eigenvalue weighted by molar-refractivity contribution is -0.141. The molecule has 116 valence electrons. The van der Waals surface area contributed by atoms with E-state index in [1.807, 2.05) is 5.43 Å². The SMILES string of the molecule is O=Cc1ccc(C(=O)NN2C(=O)CC(S(=O)(=O)O)C2=O)cc1. The zero-order chi connectivity index (χ0) is 16.5. The second kappa shape index (κ2) is 5.66. The Kier molecular flexibility index (Phi) is 4.06. The first-order valence-electron chi connectivity index (χ1n) is 5.93. The summed E-state index contributed by atoms with van der Waals surface area (Å²) in [6, 6.07) is 5.31. The van der Waals surface area contributed by atoms with Crippen LogP contribution in [0.2, 0.25) is 0 Å². The molecule has 3 amide bonds. The van der Waals surface area contributed by atoms with Gasteiger partial charge in [-0.15, -0.1) is 0 Å². The minimum atomic E-state index is -4.73. The summed E-state index contributed by atoms with van der Waals surface area (Å²) in [7, 11) is -4.73. The van der Waals surface area contributed by atoms with Crippen molar-refractivity contribution in [1.82, 2.24) is 10.4 Å². The molecule has 1 aliphatic rings. The third-order valence-corrected chi connectivity index (χ3v) is 4.07. The summed E-state index contributed by atoms with van der Waals surface area (Å²) in [4.78, 5) is 45.7. The molecule has 10 heteroatoms. The summed E-state index contributed by atoms with van der Waals surface area (Å²) in [6.07, 6.45) is -0.173. The molecular formula is C12H10N2O7S. The fourth-order valence-electron chi connectivity index (χ4n) is 1.83. The number of imide groups is 1. The van der Waals surface area contributed by atoms with Crippen LogP contribution in [0.5, 0.6) is 0 Å². The minimum Gasteiger partial charge on any atom is -0.298 e. The average molecular weight is 326 g/mol. The predicted molar refractivity (Wildman–Crippen MR) is 71.1 cm³/mol. The molecule has 0 saturated carbocycles. The van der Waals surface area contributed by atoms with Crippen LogP contribution in [0.25, 0.3) is 0 Å². The molecule has 1 aliphatic heterocycles. The van der Waals surface area contributed by atoms with E-state index in [1.54, 1.807) is 0 Å². The lowest BCUT2D eigenvalue weighted by Gasteiger charge is -2.15. The summed E-state index contributed by atoms with van der Waals surface area (Å²) in [5, 5.41) is -1.66. The highest BCUT2D eigenvalue weighted by molar-refractivity contribution is 7.87. The quantitative estimate of drug-likeness (QED) is 0.418. The molecule has 1 fully saturated rings. The first-order chi connectivity index (χ1) is 10.2. The number of hydrogen-bond donors (Lipinski definition) is 2. The normalized spacial score (nSPS) is 18.4. The number of amides is 3. The third kappa shape index (κ3) is 3.02. The number of carbonyl (C=O) groups excluding carboxylic acids is 4. The molecule has 2 N–H and O–H groups in total. The fourth-order valence-corrected chi connectivity index (χ4v) is 2.55. The number of hydrazine groups is 1. The Morgan fingerprint density at radius 2 is 1.86 bits per heavy atom. The number of carbonyl (C=O) groups is 4. The highest BCUT2D eigenvalue weighted by atomic mass is 32.2. The fraction of sp³-hybridized carbons (Fsp3) is 0.167. The molecule has 0 aliphatic carbocycles. The topological polar surface area (TPSA) is 138 Å². The molecule has 1 aromatic carbocycles. The Morgan fingerprint density at radius 3 is 2.32 bits per heavy atom. The van der Waals surface area contributed by atoms with Gasteiger partial charge in [-0.1, -0.05) is 12.1 Å². The first-order valence-corrected chi connectivity index (χ1v) is 7.43. The van der Waals surface area contributed by atoms with Crippen molar-refractivity contribution in [2.24, 2.45) is 0 Å². The summed E-state index contributed by atoms with van der Waals surface area (Å²) in [5.74, 6) is -3.02. The van der Waals surface area contributed by atoms with Gasteiger partial charge in [0.15, 0.2) is 5.25 Å². The second-order valence-electron chi connectivity index (χ2n) is 4.46. The average Bonchev–Trinajstić information content (AvgIpc) is 2.75. The molecule has 0 radical (unpaired) electrons. The van der Waals surface area contributed by atoms with Crippen LogP contribution in [0.15, 0.2) is 24.3 Å². The molecule has 0 bridgehead atoms. The number of nitrogens with one attached hydrogen (secondary N) is 1. The highest BCUT2D eigenvalue weighted by Gasteiger charge is 2.46. The maximum atomic E-state index is 11.9. The van der Waals surface area contributed by atoms with Gasteiger partial charge in [-0.2, -0.15) is 13.4 Å². The van der Waals surface area contributed by atoms with Gasteiger partial charge in [0, 0.05) is 11.1 Å². The van der Waals surface area contributed by atoms with Gasteiger partial charge < -0.3 is 0 Å². The Hall–Kier alpha value is -2.59. The Bertz CT molecular complexity index is 754. The maximum absolute atomic E-state index is 11.9. The van der Waals surface area contributed by atoms with Crippen LogP contribution < -0.4 is 5.43 Å². The summed E-state index contributed by atoms with van der Waals surface area (Å²) < 4.78 is 30.8. The van der Waals surface area contributed by atoms with Gasteiger partial charge in [0.1, 0.15) is 6.29 Å². The van der Waals surface area contributed by atoms with Crippen LogP contribution in [0, 0.1) is 0 Å². The van der Waals surface area contributed by atoms with E-state index < -0.39 is 39.5 Å². The van der Waals surface area contributed by atoms with Crippen LogP contribution in [0.3, 0.4) is 0 Å². The van der Waals surface area contributed by atoms with Crippen LogP contribution in [0.1, 0.15) is 27.1 Å². The number of hydrogen-bond acceptors (Lipinski definition) is 6. The maximum Gasteiger partial charge on any atom is 0.277 e. The van der Waals surface area contributed by atoms with E-state index >= 15 is 0 Å². The number of aldehydes is 1. The van der Waals surface area contributed by atoms with Crippen LogP contribution in [0.4, 0.5) is 0 Å². The van der Waals surface area contributed by atoms with E-state index in [1.165, 1.54) is 24.3 Å². The van der Waals surface area contributed by atoms with E-state index in [4.69, 9.17) is 4.55 Å². The smallest absolute Gasteiger partial charge is 0.277 e. The van der Waals surface area contributed by atoms with E-state index in [0.717, 1.165) is 0 Å². The van der Waals surface area contributed by atoms with Crippen molar-refractivity contribution in [1.29, 1.82) is 0 Å². The lowest BCUT2D eigenvalue weighted by Crippen LogP contribution is -2.47. The van der Waals surface area contributed by atoms with Gasteiger partial charge in [-0.25, -0.2) is 0 Å². The molecule has 22 heavy (non-hydrogen) atoms. The van der Waals surface area contributed by atoms with Crippen molar-refractivity contribution < 1.29 is 32.1 Å². The van der Waals surface area contributed by atoms with Crippen molar-refractivity contribution in [2.75, 3.05) is 0 Å². The first kappa shape index (κ1) is 15.8. The standard InChI is InChI=1S/C12H10N2O7S/c15-6-7-1-3-8(4-2-7)11(17)13-14-10(16)5-9(12(14)18)22(19,20)21/h1-4,6,9H,5H2,(H,13,17)(H,19,20,21). The van der Waals surface area contributed by atoms with Gasteiger partial charge in [0.2, 0.25) is 5.91 Å². The number of benzene rings is 1. The predicted octanol–water partition coefficient (Wildman–Crippen LogP) is -0.841. The van der Waals surface area contributed by atoms with E-state index in [2.05, 4.69) is 0 Å². The molecule has 1 unspecified atom stereocenters. The molecule has 1 saturated heterocycles. The molecule has 0 spiro atoms. The Morgan fingerprint density at radius 1 is 1.27 bits per heavy atom. The molecular weight excluding hydrogens is 316 g/mol. The van der Waals surface area contributed by atoms with Crippen molar-refractivity contribution in [3.8, 4) is 0 Å². The van der Waals surface area contributed by atoms with E-state index in [0.29, 0.717) is 11.8 Å². The van der Waals surface area contributed by atoms with Crippen LogP contribution in [-0.2, 0) is 19.7 Å². The zero-order valence-corrected chi connectivity index (χ0v) is 11.7. The van der Waals surface area contributed by atoms with Crippen molar-refractivity contribution in [2.45, 2.75) is 11.7 Å². The third-order valence-electron chi connectivity index (χ3n) is 2.99. The van der Waals surface area contributed by atoms with Crippen molar-refractivity contribution in [3.05, 3.63) is 35.4 Å². The van der Waals surface area contributed by atoms with Crippen LogP contribution in [-0.4, -0.2) is 47.2 Å². The van der Waals surface area contributed by atoms with Crippen molar-refractivity contribution in [3.63, 3.8) is 0 Å². The summed E-state index contributed by atoms with van der Waals surface area (Å²) in [5.41, 5.74) is 2.35. The van der Waals surface area contributed by atoms with Gasteiger partial charge in [0.05, 0.1) is 6.42 Å². The van der Waals surface area contributed by atoms with Crippen LogP contribution >= 0.6 is 0 Å². The molecule has 2 rings (SSSR count). The zero-order valence-electron chi connectivity index (χ0n) is 10.9. The van der Waals surface area contributed by atoms with Crippen molar-refractivity contribution >= 4 is 34.1 Å². The Balaban J connectivity index is 2.16. The van der Waals surface area contributed by atoms with E-state index in [9.17, 15) is 27.6 Å². The van der Waals surface area contributed by atoms with Gasteiger partial charge in [-0.3, -0.25) is 29.2 Å². The lowest BCUT2D eigenvalue weighted by atomic mass is 10.1. The molecule has 1 aromatic rings. The monoisotopic (exact) mass is 326 g/mol. The second-order valence-corrected chi connectivity index (χ2v) is 6.05. The molecule has 0 aromatic heterocycles. The number of rotatable bonds is 4. The van der Waals surface area contributed by atoms with Gasteiger partial charge in [-0.05, 0) is 12.1 Å². The molecule has 1 heterocycles. The van der Waals surface area contributed by atoms with Gasteiger partial charge >= 0.3 is 0 Å².